The quantitative estimate of drug-likeness (QED) is 0.664. The second-order valence-electron chi connectivity index (χ2n) is 7.53. The highest BCUT2D eigenvalue weighted by atomic mass is 32.1. The lowest BCUT2D eigenvalue weighted by Crippen LogP contribution is -2.32. The number of rotatable bonds is 6. The smallest absolute Gasteiger partial charge is 0.188 e. The van der Waals surface area contributed by atoms with E-state index in [1.54, 1.807) is 17.7 Å². The summed E-state index contributed by atoms with van der Waals surface area (Å²) in [5.74, 6) is 2.33. The molecule has 0 amide bonds. The lowest BCUT2D eigenvalue weighted by molar-refractivity contribution is 0.159. The number of ether oxygens (including phenoxy) is 1. The summed E-state index contributed by atoms with van der Waals surface area (Å²) < 4.78 is 6.19. The van der Waals surface area contributed by atoms with Crippen LogP contribution in [0.3, 0.4) is 0 Å². The van der Waals surface area contributed by atoms with Gasteiger partial charge in [-0.2, -0.15) is 0 Å². The Hall–Kier alpha value is -2.25. The minimum Gasteiger partial charge on any atom is -0.493 e. The van der Waals surface area contributed by atoms with Crippen LogP contribution in [0, 0.1) is 12.8 Å². The Kier molecular flexibility index (Phi) is 5.73. The summed E-state index contributed by atoms with van der Waals surface area (Å²) in [6, 6.07) is 4.14. The van der Waals surface area contributed by atoms with Crippen LogP contribution in [0.25, 0.3) is 10.9 Å². The molecule has 1 aromatic carbocycles. The minimum atomic E-state index is 0.631. The van der Waals surface area contributed by atoms with Gasteiger partial charge in [-0.25, -0.2) is 15.0 Å². The van der Waals surface area contributed by atoms with Gasteiger partial charge < -0.3 is 15.0 Å². The number of anilines is 2. The third kappa shape index (κ3) is 4.25. The van der Waals surface area contributed by atoms with Gasteiger partial charge in [0.2, 0.25) is 0 Å². The fourth-order valence-corrected chi connectivity index (χ4v) is 4.26. The number of benzene rings is 1. The molecule has 1 saturated heterocycles. The van der Waals surface area contributed by atoms with E-state index >= 15 is 0 Å². The molecule has 148 valence electrons. The topological polar surface area (TPSA) is 63.2 Å². The van der Waals surface area contributed by atoms with Gasteiger partial charge in [-0.3, -0.25) is 0 Å². The van der Waals surface area contributed by atoms with Crippen molar-refractivity contribution in [3.8, 4) is 5.75 Å². The molecule has 0 unspecified atom stereocenters. The number of nitrogens with one attached hydrogen (secondary N) is 1. The molecule has 1 aliphatic heterocycles. The molecule has 28 heavy (non-hydrogen) atoms. The van der Waals surface area contributed by atoms with E-state index in [0.29, 0.717) is 5.92 Å². The van der Waals surface area contributed by atoms with Gasteiger partial charge in [0.15, 0.2) is 5.13 Å². The molecule has 0 bridgehead atoms. The first-order chi connectivity index (χ1) is 13.6. The van der Waals surface area contributed by atoms with Crippen LogP contribution < -0.4 is 10.1 Å². The molecule has 1 aliphatic rings. The summed E-state index contributed by atoms with van der Waals surface area (Å²) in [5, 5.41) is 5.19. The number of hydrogen-bond donors (Lipinski definition) is 1. The van der Waals surface area contributed by atoms with Gasteiger partial charge in [0, 0.05) is 22.5 Å². The van der Waals surface area contributed by atoms with Crippen LogP contribution in [0.5, 0.6) is 5.75 Å². The first-order valence-electron chi connectivity index (χ1n) is 9.90. The SMILES string of the molecule is CCc1cnc(Nc2ncnc3cc(OCC4CCN(C)CC4)c(C)cc23)s1. The molecule has 0 atom stereocenters. The van der Waals surface area contributed by atoms with Crippen LogP contribution in [0.2, 0.25) is 0 Å². The largest absolute Gasteiger partial charge is 0.493 e. The predicted molar refractivity (Wildman–Crippen MR) is 115 cm³/mol. The molecule has 3 aromatic rings. The Morgan fingerprint density at radius 1 is 1.21 bits per heavy atom. The maximum Gasteiger partial charge on any atom is 0.188 e. The highest BCUT2D eigenvalue weighted by Crippen LogP contribution is 2.31. The van der Waals surface area contributed by atoms with Gasteiger partial charge in [-0.05, 0) is 63.9 Å². The van der Waals surface area contributed by atoms with E-state index in [9.17, 15) is 0 Å². The summed E-state index contributed by atoms with van der Waals surface area (Å²) in [6.45, 7) is 7.30. The number of nitrogens with zero attached hydrogens (tertiary/aromatic N) is 4. The summed E-state index contributed by atoms with van der Waals surface area (Å²) >= 11 is 1.66. The van der Waals surface area contributed by atoms with Crippen LogP contribution >= 0.6 is 11.3 Å². The van der Waals surface area contributed by atoms with Crippen molar-refractivity contribution in [2.75, 3.05) is 32.1 Å². The van der Waals surface area contributed by atoms with Crippen molar-refractivity contribution in [1.82, 2.24) is 19.9 Å². The fourth-order valence-electron chi connectivity index (χ4n) is 3.51. The highest BCUT2D eigenvalue weighted by Gasteiger charge is 2.18. The zero-order chi connectivity index (χ0) is 19.5. The van der Waals surface area contributed by atoms with Crippen molar-refractivity contribution < 1.29 is 4.74 Å². The van der Waals surface area contributed by atoms with E-state index in [-0.39, 0.29) is 0 Å². The average Bonchev–Trinajstić information content (AvgIpc) is 3.16. The number of thiazole rings is 1. The third-order valence-corrected chi connectivity index (χ3v) is 6.43. The van der Waals surface area contributed by atoms with Gasteiger partial charge >= 0.3 is 0 Å². The number of aromatic nitrogens is 3. The van der Waals surface area contributed by atoms with Crippen molar-refractivity contribution in [2.45, 2.75) is 33.1 Å². The molecule has 0 saturated carbocycles. The number of hydrogen-bond acceptors (Lipinski definition) is 7. The molecule has 7 heteroatoms. The summed E-state index contributed by atoms with van der Waals surface area (Å²) in [7, 11) is 2.19. The van der Waals surface area contributed by atoms with E-state index in [2.05, 4.69) is 52.1 Å². The number of aryl methyl sites for hydroxylation is 2. The molecule has 0 spiro atoms. The molecule has 2 aromatic heterocycles. The lowest BCUT2D eigenvalue weighted by atomic mass is 9.98. The molecular weight excluding hydrogens is 370 g/mol. The molecule has 1 N–H and O–H groups in total. The highest BCUT2D eigenvalue weighted by molar-refractivity contribution is 7.15. The van der Waals surface area contributed by atoms with Crippen LogP contribution in [0.1, 0.15) is 30.2 Å². The van der Waals surface area contributed by atoms with Crippen LogP contribution in [0.4, 0.5) is 10.9 Å². The zero-order valence-corrected chi connectivity index (χ0v) is 17.6. The number of fused-ring (bicyclic) bond motifs is 1. The number of piperidine rings is 1. The summed E-state index contributed by atoms with van der Waals surface area (Å²) in [5.41, 5.74) is 1.99. The zero-order valence-electron chi connectivity index (χ0n) is 16.7. The van der Waals surface area contributed by atoms with Crippen molar-refractivity contribution in [3.63, 3.8) is 0 Å². The van der Waals surface area contributed by atoms with E-state index in [1.807, 2.05) is 12.3 Å². The minimum absolute atomic E-state index is 0.631. The third-order valence-electron chi connectivity index (χ3n) is 5.37. The van der Waals surface area contributed by atoms with Gasteiger partial charge in [0.1, 0.15) is 17.9 Å². The van der Waals surface area contributed by atoms with Crippen LogP contribution in [-0.2, 0) is 6.42 Å². The molecule has 4 rings (SSSR count). The Morgan fingerprint density at radius 3 is 2.79 bits per heavy atom. The molecule has 3 heterocycles. The van der Waals surface area contributed by atoms with Gasteiger partial charge in [0.25, 0.3) is 0 Å². The van der Waals surface area contributed by atoms with Crippen molar-refractivity contribution in [2.24, 2.45) is 5.92 Å². The molecule has 0 aliphatic carbocycles. The van der Waals surface area contributed by atoms with Gasteiger partial charge in [-0.15, -0.1) is 11.3 Å². The first kappa shape index (κ1) is 19.1. The standard InChI is InChI=1S/C21H27N5OS/c1-4-16-11-22-21(28-16)25-20-17-9-14(2)19(10-18(17)23-13-24-20)27-12-15-5-7-26(3)8-6-15/h9-11,13,15H,4-8,12H2,1-3H3,(H,22,23,24,25). The predicted octanol–water partition coefficient (Wildman–Crippen LogP) is 4.42. The van der Waals surface area contributed by atoms with Crippen molar-refractivity contribution in [3.05, 3.63) is 35.1 Å². The van der Waals surface area contributed by atoms with E-state index in [0.717, 1.165) is 59.3 Å². The maximum atomic E-state index is 6.19. The monoisotopic (exact) mass is 397 g/mol. The second-order valence-corrected chi connectivity index (χ2v) is 8.64. The summed E-state index contributed by atoms with van der Waals surface area (Å²) in [4.78, 5) is 17.0. The van der Waals surface area contributed by atoms with Crippen LogP contribution in [-0.4, -0.2) is 46.6 Å². The first-order valence-corrected chi connectivity index (χ1v) is 10.7. The van der Waals surface area contributed by atoms with Crippen LogP contribution in [0.15, 0.2) is 24.7 Å². The number of likely N-dealkylation sites (tertiary alicyclic amines) is 1. The molecule has 1 fully saturated rings. The van der Waals surface area contributed by atoms with E-state index < -0.39 is 0 Å². The Morgan fingerprint density at radius 2 is 2.04 bits per heavy atom. The van der Waals surface area contributed by atoms with Crippen molar-refractivity contribution in [1.29, 1.82) is 0 Å². The van der Waals surface area contributed by atoms with Gasteiger partial charge in [0.05, 0.1) is 12.1 Å². The van der Waals surface area contributed by atoms with Gasteiger partial charge in [-0.1, -0.05) is 6.92 Å². The molecule has 0 radical (unpaired) electrons. The molecule has 6 nitrogen and oxygen atoms in total. The van der Waals surface area contributed by atoms with E-state index in [4.69, 9.17) is 4.74 Å². The molecular formula is C21H27N5OS. The lowest BCUT2D eigenvalue weighted by Gasteiger charge is -2.28. The Labute approximate surface area is 170 Å². The van der Waals surface area contributed by atoms with Crippen molar-refractivity contribution >= 4 is 33.2 Å². The average molecular weight is 398 g/mol. The normalized spacial score (nSPS) is 15.8. The second kappa shape index (κ2) is 8.41. The fraction of sp³-hybridized carbons (Fsp3) is 0.476. The van der Waals surface area contributed by atoms with E-state index in [1.165, 1.54) is 17.7 Å². The Balaban J connectivity index is 1.52. The summed E-state index contributed by atoms with van der Waals surface area (Å²) in [6.07, 6.45) is 6.90. The maximum absolute atomic E-state index is 6.19. The Bertz CT molecular complexity index is 949.